The van der Waals surface area contributed by atoms with Crippen LogP contribution in [0.4, 0.5) is 8.78 Å². The van der Waals surface area contributed by atoms with Crippen molar-refractivity contribution in [2.24, 2.45) is 11.1 Å². The Hall–Kier alpha value is -0.220. The van der Waals surface area contributed by atoms with Gasteiger partial charge < -0.3 is 5.73 Å². The van der Waals surface area contributed by atoms with Crippen LogP contribution in [0.15, 0.2) is 0 Å². The van der Waals surface area contributed by atoms with Crippen molar-refractivity contribution in [1.82, 2.24) is 4.90 Å². The third-order valence-electron chi connectivity index (χ3n) is 3.01. The zero-order chi connectivity index (χ0) is 10.8. The molecule has 0 unspecified atom stereocenters. The van der Waals surface area contributed by atoms with Crippen molar-refractivity contribution in [3.05, 3.63) is 0 Å². The molecule has 0 bridgehead atoms. The zero-order valence-corrected chi connectivity index (χ0v) is 9.02. The van der Waals surface area contributed by atoms with Crippen LogP contribution >= 0.6 is 0 Å². The van der Waals surface area contributed by atoms with Gasteiger partial charge in [-0.3, -0.25) is 4.90 Å². The van der Waals surface area contributed by atoms with Crippen molar-refractivity contribution < 1.29 is 8.78 Å². The Bertz CT molecular complexity index is 177. The number of alkyl halides is 2. The lowest BCUT2D eigenvalue weighted by molar-refractivity contribution is -0.0313. The van der Waals surface area contributed by atoms with Crippen LogP contribution < -0.4 is 5.73 Å². The van der Waals surface area contributed by atoms with Gasteiger partial charge in [0, 0.05) is 6.54 Å². The molecule has 2 N–H and O–H groups in total. The van der Waals surface area contributed by atoms with Gasteiger partial charge in [0.05, 0.1) is 13.1 Å². The molecule has 0 aliphatic heterocycles. The quantitative estimate of drug-likeness (QED) is 0.742. The number of hydrogen-bond acceptors (Lipinski definition) is 2. The second kappa shape index (κ2) is 4.11. The first-order valence-corrected chi connectivity index (χ1v) is 5.13. The second-order valence-electron chi connectivity index (χ2n) is 4.90. The van der Waals surface area contributed by atoms with E-state index >= 15 is 0 Å². The average Bonchev–Trinajstić information content (AvgIpc) is 2.00. The number of nitrogens with zero attached hydrogens (tertiary/aromatic N) is 1. The van der Waals surface area contributed by atoms with Crippen LogP contribution in [-0.2, 0) is 0 Å². The average molecular weight is 206 g/mol. The SMILES string of the molecule is CN(CC(F)(F)CN)CC1(C)CCC1. The Kier molecular flexibility index (Phi) is 3.48. The first-order valence-electron chi connectivity index (χ1n) is 5.13. The van der Waals surface area contributed by atoms with E-state index < -0.39 is 12.5 Å². The molecule has 0 aromatic heterocycles. The van der Waals surface area contributed by atoms with Gasteiger partial charge in [0.25, 0.3) is 5.92 Å². The molecule has 0 spiro atoms. The topological polar surface area (TPSA) is 29.3 Å². The van der Waals surface area contributed by atoms with Crippen LogP contribution in [0.25, 0.3) is 0 Å². The summed E-state index contributed by atoms with van der Waals surface area (Å²) in [6.07, 6.45) is 3.55. The first-order chi connectivity index (χ1) is 6.37. The summed E-state index contributed by atoms with van der Waals surface area (Å²) in [5.41, 5.74) is 5.25. The third kappa shape index (κ3) is 3.17. The zero-order valence-electron chi connectivity index (χ0n) is 9.02. The monoisotopic (exact) mass is 206 g/mol. The fourth-order valence-corrected chi connectivity index (χ4v) is 2.11. The number of hydrogen-bond donors (Lipinski definition) is 1. The summed E-state index contributed by atoms with van der Waals surface area (Å²) in [6.45, 7) is 2.13. The number of rotatable bonds is 5. The predicted molar refractivity (Wildman–Crippen MR) is 53.5 cm³/mol. The Balaban J connectivity index is 2.31. The van der Waals surface area contributed by atoms with Crippen molar-refractivity contribution in [3.8, 4) is 0 Å². The summed E-state index contributed by atoms with van der Waals surface area (Å²) >= 11 is 0. The Morgan fingerprint density at radius 1 is 1.43 bits per heavy atom. The smallest absolute Gasteiger partial charge is 0.272 e. The number of nitrogens with two attached hydrogens (primary N) is 1. The molecule has 0 heterocycles. The number of halogens is 2. The van der Waals surface area contributed by atoms with Gasteiger partial charge in [-0.25, -0.2) is 8.78 Å². The molecule has 1 saturated carbocycles. The van der Waals surface area contributed by atoms with E-state index in [1.807, 2.05) is 0 Å². The Morgan fingerprint density at radius 3 is 2.36 bits per heavy atom. The van der Waals surface area contributed by atoms with Crippen molar-refractivity contribution in [2.45, 2.75) is 32.1 Å². The van der Waals surface area contributed by atoms with Crippen molar-refractivity contribution >= 4 is 0 Å². The van der Waals surface area contributed by atoms with Crippen molar-refractivity contribution in [1.29, 1.82) is 0 Å². The summed E-state index contributed by atoms with van der Waals surface area (Å²) in [7, 11) is 1.74. The molecule has 1 aliphatic carbocycles. The van der Waals surface area contributed by atoms with E-state index in [0.717, 1.165) is 19.4 Å². The third-order valence-corrected chi connectivity index (χ3v) is 3.01. The van der Waals surface area contributed by atoms with Crippen molar-refractivity contribution in [3.63, 3.8) is 0 Å². The van der Waals surface area contributed by atoms with Crippen LogP contribution in [0.2, 0.25) is 0 Å². The molecule has 0 aromatic rings. The molecule has 0 amide bonds. The van der Waals surface area contributed by atoms with E-state index in [-0.39, 0.29) is 12.0 Å². The molecule has 1 aliphatic rings. The van der Waals surface area contributed by atoms with E-state index in [9.17, 15) is 8.78 Å². The highest BCUT2D eigenvalue weighted by Crippen LogP contribution is 2.40. The van der Waals surface area contributed by atoms with Gasteiger partial charge in [0.1, 0.15) is 0 Å². The highest BCUT2D eigenvalue weighted by atomic mass is 19.3. The van der Waals surface area contributed by atoms with Crippen LogP contribution in [0.5, 0.6) is 0 Å². The molecule has 4 heteroatoms. The van der Waals surface area contributed by atoms with E-state index in [0.29, 0.717) is 0 Å². The molecule has 0 atom stereocenters. The van der Waals surface area contributed by atoms with Gasteiger partial charge in [-0.2, -0.15) is 0 Å². The van der Waals surface area contributed by atoms with Crippen LogP contribution in [-0.4, -0.2) is 37.5 Å². The summed E-state index contributed by atoms with van der Waals surface area (Å²) in [4.78, 5) is 1.70. The van der Waals surface area contributed by atoms with Gasteiger partial charge in [-0.05, 0) is 25.3 Å². The minimum Gasteiger partial charge on any atom is -0.325 e. The highest BCUT2D eigenvalue weighted by molar-refractivity contribution is 4.86. The summed E-state index contributed by atoms with van der Waals surface area (Å²) in [5.74, 6) is -2.74. The van der Waals surface area contributed by atoms with E-state index in [4.69, 9.17) is 5.73 Å². The maximum atomic E-state index is 12.9. The van der Waals surface area contributed by atoms with Gasteiger partial charge in [0.2, 0.25) is 0 Å². The largest absolute Gasteiger partial charge is 0.325 e. The molecule has 1 fully saturated rings. The van der Waals surface area contributed by atoms with E-state index in [1.165, 1.54) is 6.42 Å². The molecule has 2 nitrogen and oxygen atoms in total. The lowest BCUT2D eigenvalue weighted by Crippen LogP contribution is -2.45. The maximum Gasteiger partial charge on any atom is 0.272 e. The van der Waals surface area contributed by atoms with E-state index in [2.05, 4.69) is 6.92 Å². The van der Waals surface area contributed by atoms with Gasteiger partial charge in [-0.1, -0.05) is 13.3 Å². The standard InChI is InChI=1S/C10H20F2N2/c1-9(4-3-5-9)7-14(2)8-10(11,12)6-13/h3-8,13H2,1-2H3. The fraction of sp³-hybridized carbons (Fsp3) is 1.00. The molecule has 84 valence electrons. The first kappa shape index (κ1) is 11.9. The van der Waals surface area contributed by atoms with Gasteiger partial charge in [-0.15, -0.1) is 0 Å². The maximum absolute atomic E-state index is 12.9. The van der Waals surface area contributed by atoms with Crippen LogP contribution in [0.1, 0.15) is 26.2 Å². The summed E-state index contributed by atoms with van der Waals surface area (Å²) in [5, 5.41) is 0. The highest BCUT2D eigenvalue weighted by Gasteiger charge is 2.35. The molecule has 14 heavy (non-hydrogen) atoms. The molecule has 1 rings (SSSR count). The fourth-order valence-electron chi connectivity index (χ4n) is 2.11. The summed E-state index contributed by atoms with van der Waals surface area (Å²) in [6, 6.07) is 0. The molecule has 0 radical (unpaired) electrons. The Morgan fingerprint density at radius 2 is 2.00 bits per heavy atom. The normalized spacial score (nSPS) is 21.0. The second-order valence-corrected chi connectivity index (χ2v) is 4.90. The molecule has 0 saturated heterocycles. The minimum absolute atomic E-state index is 0.223. The Labute approximate surface area is 84.4 Å². The molecule has 0 aromatic carbocycles. The van der Waals surface area contributed by atoms with Crippen LogP contribution in [0.3, 0.4) is 0 Å². The minimum atomic E-state index is -2.74. The molecular weight excluding hydrogens is 186 g/mol. The van der Waals surface area contributed by atoms with Crippen molar-refractivity contribution in [2.75, 3.05) is 26.7 Å². The van der Waals surface area contributed by atoms with E-state index in [1.54, 1.807) is 11.9 Å². The van der Waals surface area contributed by atoms with Gasteiger partial charge in [0.15, 0.2) is 0 Å². The lowest BCUT2D eigenvalue weighted by Gasteiger charge is -2.41. The molecular formula is C10H20F2N2. The van der Waals surface area contributed by atoms with Gasteiger partial charge >= 0.3 is 0 Å². The summed E-state index contributed by atoms with van der Waals surface area (Å²) < 4.78 is 25.9. The van der Waals surface area contributed by atoms with Crippen LogP contribution in [0, 0.1) is 5.41 Å². The predicted octanol–water partition coefficient (Wildman–Crippen LogP) is 1.70. The lowest BCUT2D eigenvalue weighted by atomic mass is 9.70.